The van der Waals surface area contributed by atoms with Gasteiger partial charge in [-0.25, -0.2) is 0 Å². The Morgan fingerprint density at radius 2 is 0.527 bits per heavy atom. The van der Waals surface area contributed by atoms with Crippen LogP contribution in [-0.4, -0.2) is 109 Å². The molecule has 0 aliphatic rings. The van der Waals surface area contributed by atoms with Crippen LogP contribution in [0.25, 0.3) is 0 Å². The number of hydrogen-bond donors (Lipinski definition) is 0. The third kappa shape index (κ3) is 49.1. The molecule has 434 valence electrons. The van der Waals surface area contributed by atoms with E-state index in [1.807, 2.05) is 0 Å². The van der Waals surface area contributed by atoms with Crippen LogP contribution in [0.2, 0.25) is 0 Å². The predicted octanol–water partition coefficient (Wildman–Crippen LogP) is 17.1. The van der Waals surface area contributed by atoms with E-state index in [1.54, 1.807) is 0 Å². The molecule has 0 aromatic rings. The van der Waals surface area contributed by atoms with Gasteiger partial charge in [-0.05, 0) is 96.3 Å². The molecule has 0 fully saturated rings. The van der Waals surface area contributed by atoms with Crippen LogP contribution < -0.4 is 0 Å². The lowest BCUT2D eigenvalue weighted by Crippen LogP contribution is -2.65. The summed E-state index contributed by atoms with van der Waals surface area (Å²) in [6.07, 6.45) is 58.1. The number of carbonyl (C=O) groups excluding carboxylic acids is 3. The number of nitrogens with zero attached hydrogens (tertiary/aromatic N) is 1. The maximum Gasteiger partial charge on any atom is 0.308 e. The molecule has 0 radical (unpaired) electrons. The number of quaternary nitrogens is 1. The highest BCUT2D eigenvalue weighted by atomic mass is 16.5. The van der Waals surface area contributed by atoms with Crippen molar-refractivity contribution in [2.24, 2.45) is 0 Å². The van der Waals surface area contributed by atoms with Crippen molar-refractivity contribution in [3.63, 3.8) is 0 Å². The maximum atomic E-state index is 12.6. The second kappa shape index (κ2) is 55.2. The Labute approximate surface area is 457 Å². The Morgan fingerprint density at radius 3 is 0.757 bits per heavy atom. The number of esters is 3. The molecule has 0 aromatic carbocycles. The minimum Gasteiger partial charge on any atom is -0.466 e. The summed E-state index contributed by atoms with van der Waals surface area (Å²) in [5.41, 5.74) is -0.683. The smallest absolute Gasteiger partial charge is 0.308 e. The first kappa shape index (κ1) is 71.5. The highest BCUT2D eigenvalue weighted by Crippen LogP contribution is 2.23. The van der Waals surface area contributed by atoms with Crippen molar-refractivity contribution in [1.29, 1.82) is 0 Å². The molecule has 0 N–H and O–H groups in total. The molecule has 10 heteroatoms. The van der Waals surface area contributed by atoms with Gasteiger partial charge in [0, 0.05) is 0 Å². The predicted molar refractivity (Wildman–Crippen MR) is 311 cm³/mol. The second-order valence-electron chi connectivity index (χ2n) is 22.0. The average molecular weight is 1050 g/mol. The fourth-order valence-corrected chi connectivity index (χ4v) is 8.72. The zero-order chi connectivity index (χ0) is 54.2. The van der Waals surface area contributed by atoms with Crippen molar-refractivity contribution in [3.8, 4) is 0 Å². The Hall–Kier alpha value is -2.53. The molecular weight excluding hydrogens is 927 g/mol. The monoisotopic (exact) mass is 1050 g/mol. The van der Waals surface area contributed by atoms with E-state index in [-0.39, 0.29) is 76.8 Å². The van der Waals surface area contributed by atoms with E-state index in [0.717, 1.165) is 57.8 Å². The standard InChI is InChI=1S/C64H120NO9/c1-7-10-13-16-19-22-25-28-31-34-37-40-43-46-52-72-61(66)49-55-69-58-64(65(4,5)6,59-70-56-50-62(67)73-53-47-44-41-38-35-32-29-26-23-20-17-14-11-8-2)60-71-57-51-63(68)74-54-48-45-42-39-36-33-30-27-24-21-18-15-12-9-3/h22-27H,7-21,28-60H2,1-6H3/q+1/b25-22-,26-23-,27-24-. The van der Waals surface area contributed by atoms with Crippen LogP contribution >= 0.6 is 0 Å². The summed E-state index contributed by atoms with van der Waals surface area (Å²) in [6.45, 7) is 9.44. The minimum atomic E-state index is -0.683. The van der Waals surface area contributed by atoms with Gasteiger partial charge in [-0.15, -0.1) is 0 Å². The molecule has 74 heavy (non-hydrogen) atoms. The molecule has 0 unspecified atom stereocenters. The van der Waals surface area contributed by atoms with E-state index in [0.29, 0.717) is 24.3 Å². The molecular formula is C64H120NO9+. The van der Waals surface area contributed by atoms with Crippen LogP contribution in [0.3, 0.4) is 0 Å². The maximum absolute atomic E-state index is 12.6. The van der Waals surface area contributed by atoms with Gasteiger partial charge in [-0.3, -0.25) is 14.4 Å². The number of allylic oxidation sites excluding steroid dienone is 6. The lowest BCUT2D eigenvalue weighted by molar-refractivity contribution is -0.926. The number of rotatable bonds is 58. The molecule has 0 amide bonds. The zero-order valence-corrected chi connectivity index (χ0v) is 49.5. The molecule has 0 rings (SSSR count). The van der Waals surface area contributed by atoms with Gasteiger partial charge in [0.05, 0.1) is 80.0 Å². The van der Waals surface area contributed by atoms with Crippen LogP contribution in [0.5, 0.6) is 0 Å². The largest absolute Gasteiger partial charge is 0.466 e. The molecule has 0 spiro atoms. The van der Waals surface area contributed by atoms with Crippen LogP contribution in [0.4, 0.5) is 0 Å². The van der Waals surface area contributed by atoms with E-state index < -0.39 is 5.54 Å². The van der Waals surface area contributed by atoms with Gasteiger partial charge in [0.1, 0.15) is 19.8 Å². The van der Waals surface area contributed by atoms with Crippen molar-refractivity contribution in [2.75, 3.05) is 80.6 Å². The topological polar surface area (TPSA) is 107 Å². The van der Waals surface area contributed by atoms with Gasteiger partial charge in [0.25, 0.3) is 0 Å². The number of hydrogen-bond acceptors (Lipinski definition) is 9. The summed E-state index contributed by atoms with van der Waals surface area (Å²) in [5.74, 6) is -0.777. The molecule has 0 atom stereocenters. The summed E-state index contributed by atoms with van der Waals surface area (Å²) in [4.78, 5) is 37.9. The van der Waals surface area contributed by atoms with Gasteiger partial charge in [-0.2, -0.15) is 0 Å². The minimum absolute atomic E-state index is 0.159. The summed E-state index contributed by atoms with van der Waals surface area (Å²) in [7, 11) is 6.17. The van der Waals surface area contributed by atoms with E-state index in [2.05, 4.69) is 78.4 Å². The number of likely N-dealkylation sites (N-methyl/N-ethyl adjacent to an activating group) is 1. The van der Waals surface area contributed by atoms with Crippen molar-refractivity contribution in [1.82, 2.24) is 0 Å². The van der Waals surface area contributed by atoms with Gasteiger partial charge in [0.2, 0.25) is 0 Å². The Bertz CT molecular complexity index is 1180. The van der Waals surface area contributed by atoms with Crippen LogP contribution in [0.1, 0.15) is 271 Å². The third-order valence-electron chi connectivity index (χ3n) is 14.1. The molecule has 10 nitrogen and oxygen atoms in total. The van der Waals surface area contributed by atoms with Gasteiger partial charge >= 0.3 is 17.9 Å². The normalized spacial score (nSPS) is 12.2. The first-order valence-electron chi connectivity index (χ1n) is 31.1. The SMILES string of the molecule is CCCCCC/C=C\CCCCCCCCOC(=O)CCOCC(COCCC(=O)OCCCCCCCC/C=C\CCCCCC)(COCCC(=O)OCCCCCCCC/C=C\CCCCCC)[N+](C)(C)C. The lowest BCUT2D eigenvalue weighted by Gasteiger charge is -2.45. The molecule has 0 aromatic heterocycles. The third-order valence-corrected chi connectivity index (χ3v) is 14.1. The molecule has 0 aliphatic heterocycles. The fourth-order valence-electron chi connectivity index (χ4n) is 8.72. The fraction of sp³-hybridized carbons (Fsp3) is 0.859. The number of unbranched alkanes of at least 4 members (excludes halogenated alkanes) is 30. The highest BCUT2D eigenvalue weighted by Gasteiger charge is 2.44. The average Bonchev–Trinajstić information content (AvgIpc) is 3.38. The number of ether oxygens (including phenoxy) is 6. The summed E-state index contributed by atoms with van der Waals surface area (Å²) < 4.78 is 35.6. The van der Waals surface area contributed by atoms with Crippen molar-refractivity contribution in [2.45, 2.75) is 277 Å². The van der Waals surface area contributed by atoms with Crippen molar-refractivity contribution in [3.05, 3.63) is 36.5 Å². The zero-order valence-electron chi connectivity index (χ0n) is 49.5. The van der Waals surface area contributed by atoms with Gasteiger partial charge in [0.15, 0.2) is 5.54 Å². The van der Waals surface area contributed by atoms with Crippen molar-refractivity contribution < 1.29 is 47.3 Å². The molecule has 0 aliphatic carbocycles. The Balaban J connectivity index is 4.74. The van der Waals surface area contributed by atoms with E-state index >= 15 is 0 Å². The van der Waals surface area contributed by atoms with E-state index in [4.69, 9.17) is 28.4 Å². The summed E-state index contributed by atoms with van der Waals surface area (Å²) in [5, 5.41) is 0. The van der Waals surface area contributed by atoms with E-state index in [9.17, 15) is 14.4 Å². The first-order valence-corrected chi connectivity index (χ1v) is 31.1. The first-order chi connectivity index (χ1) is 36.1. The number of carbonyl (C=O) groups is 3. The second-order valence-corrected chi connectivity index (χ2v) is 22.0. The molecule has 0 saturated heterocycles. The van der Waals surface area contributed by atoms with E-state index in [1.165, 1.54) is 173 Å². The van der Waals surface area contributed by atoms with Gasteiger partial charge < -0.3 is 32.9 Å². The van der Waals surface area contributed by atoms with Crippen molar-refractivity contribution >= 4 is 17.9 Å². The Kier molecular flexibility index (Phi) is 53.3. The van der Waals surface area contributed by atoms with Gasteiger partial charge in [-0.1, -0.05) is 192 Å². The lowest BCUT2D eigenvalue weighted by atomic mass is 9.99. The highest BCUT2D eigenvalue weighted by molar-refractivity contribution is 5.70. The summed E-state index contributed by atoms with van der Waals surface area (Å²) >= 11 is 0. The quantitative estimate of drug-likeness (QED) is 0.0193. The van der Waals surface area contributed by atoms with Crippen LogP contribution in [0, 0.1) is 0 Å². The van der Waals surface area contributed by atoms with Crippen LogP contribution in [-0.2, 0) is 42.8 Å². The summed E-state index contributed by atoms with van der Waals surface area (Å²) in [6, 6.07) is 0. The Morgan fingerprint density at radius 1 is 0.311 bits per heavy atom. The van der Waals surface area contributed by atoms with Crippen LogP contribution in [0.15, 0.2) is 36.5 Å². The molecule has 0 saturated carbocycles. The molecule has 0 heterocycles. The molecule has 0 bridgehead atoms.